The number of amides is 1. The number of halogens is 3. The number of nitrogens with one attached hydrogen (secondary N) is 1. The zero-order chi connectivity index (χ0) is 20.8. The number of benzene rings is 3. The number of rotatable bonds is 4. The summed E-state index contributed by atoms with van der Waals surface area (Å²) in [6.07, 6.45) is 0.247. The molecule has 1 fully saturated rings. The highest BCUT2D eigenvalue weighted by Crippen LogP contribution is 2.28. The summed E-state index contributed by atoms with van der Waals surface area (Å²) in [5, 5.41) is 2.09. The summed E-state index contributed by atoms with van der Waals surface area (Å²) in [5.74, 6) is -1.04. The Bertz CT molecular complexity index is 1240. The van der Waals surface area contributed by atoms with Gasteiger partial charge in [-0.1, -0.05) is 39.7 Å². The van der Waals surface area contributed by atoms with E-state index in [1.54, 1.807) is 30.3 Å². The fraction of sp³-hybridized carbons (Fsp3) is 0.150. The lowest BCUT2D eigenvalue weighted by molar-refractivity contribution is -0.118. The quantitative estimate of drug-likeness (QED) is 0.578. The zero-order valence-electron chi connectivity index (χ0n) is 14.9. The smallest absolute Gasteiger partial charge is 0.245 e. The van der Waals surface area contributed by atoms with Gasteiger partial charge in [0.1, 0.15) is 11.9 Å². The molecule has 0 aliphatic carbocycles. The maximum atomic E-state index is 14.2. The SMILES string of the molecule is O=C1[C@@H](NS(=O)(=O)c2ccc3cc(Cl)ccc3c2)CCN1c1ccc(Br)cc1F. The molecule has 0 bridgehead atoms. The van der Waals surface area contributed by atoms with Crippen LogP contribution >= 0.6 is 27.5 Å². The molecule has 0 spiro atoms. The van der Waals surface area contributed by atoms with Gasteiger partial charge in [0.25, 0.3) is 0 Å². The molecule has 3 aromatic rings. The molecule has 1 saturated heterocycles. The lowest BCUT2D eigenvalue weighted by Crippen LogP contribution is -2.41. The molecule has 0 saturated carbocycles. The average Bonchev–Trinajstić information content (AvgIpc) is 3.01. The van der Waals surface area contributed by atoms with Gasteiger partial charge < -0.3 is 4.90 Å². The summed E-state index contributed by atoms with van der Waals surface area (Å²) in [7, 11) is -3.93. The van der Waals surface area contributed by atoms with Crippen molar-refractivity contribution in [1.82, 2.24) is 4.72 Å². The van der Waals surface area contributed by atoms with Crippen molar-refractivity contribution in [1.29, 1.82) is 0 Å². The molecule has 4 rings (SSSR count). The van der Waals surface area contributed by atoms with Gasteiger partial charge in [-0.2, -0.15) is 4.72 Å². The molecule has 5 nitrogen and oxygen atoms in total. The van der Waals surface area contributed by atoms with Crippen molar-refractivity contribution in [3.63, 3.8) is 0 Å². The Hall–Kier alpha value is -2.00. The van der Waals surface area contributed by atoms with Gasteiger partial charge in [-0.05, 0) is 59.7 Å². The molecule has 0 radical (unpaired) electrons. The standard InChI is InChI=1S/C20H15BrClFN2O3S/c21-14-3-6-19(17(23)11-14)25-8-7-18(20(25)26)24-29(27,28)16-5-2-12-9-15(22)4-1-13(12)10-16/h1-6,9-11,18,24H,7-8H2/t18-/m0/s1. The molecule has 1 heterocycles. The second kappa shape index (κ2) is 7.68. The Labute approximate surface area is 180 Å². The predicted octanol–water partition coefficient (Wildman–Crippen LogP) is 4.48. The Morgan fingerprint density at radius 1 is 1.07 bits per heavy atom. The van der Waals surface area contributed by atoms with Crippen LogP contribution in [0.5, 0.6) is 0 Å². The third kappa shape index (κ3) is 4.02. The molecule has 1 aliphatic rings. The van der Waals surface area contributed by atoms with E-state index < -0.39 is 27.8 Å². The molecule has 0 unspecified atom stereocenters. The highest BCUT2D eigenvalue weighted by Gasteiger charge is 2.36. The fourth-order valence-electron chi connectivity index (χ4n) is 3.35. The maximum absolute atomic E-state index is 14.2. The lowest BCUT2D eigenvalue weighted by atomic mass is 10.1. The van der Waals surface area contributed by atoms with E-state index in [0.29, 0.717) is 14.9 Å². The first kappa shape index (κ1) is 20.3. The van der Waals surface area contributed by atoms with Crippen LogP contribution in [-0.4, -0.2) is 26.9 Å². The summed E-state index contributed by atoms with van der Waals surface area (Å²) in [5.41, 5.74) is 0.127. The summed E-state index contributed by atoms with van der Waals surface area (Å²) in [6, 6.07) is 13.2. The highest BCUT2D eigenvalue weighted by molar-refractivity contribution is 9.10. The first-order valence-electron chi connectivity index (χ1n) is 8.73. The molecular formula is C20H15BrClFN2O3S. The molecule has 150 valence electrons. The minimum absolute atomic E-state index is 0.0494. The second-order valence-electron chi connectivity index (χ2n) is 6.70. The first-order valence-corrected chi connectivity index (χ1v) is 11.4. The van der Waals surface area contributed by atoms with Crippen LogP contribution in [-0.2, 0) is 14.8 Å². The minimum atomic E-state index is -3.93. The van der Waals surface area contributed by atoms with E-state index in [9.17, 15) is 17.6 Å². The van der Waals surface area contributed by atoms with Gasteiger partial charge in [0.2, 0.25) is 15.9 Å². The Kier molecular flexibility index (Phi) is 5.37. The number of hydrogen-bond donors (Lipinski definition) is 1. The van der Waals surface area contributed by atoms with E-state index >= 15 is 0 Å². The minimum Gasteiger partial charge on any atom is -0.308 e. The normalized spacial score (nSPS) is 17.3. The van der Waals surface area contributed by atoms with Gasteiger partial charge in [-0.25, -0.2) is 12.8 Å². The van der Waals surface area contributed by atoms with Crippen LogP contribution in [0.15, 0.2) is 64.0 Å². The van der Waals surface area contributed by atoms with Crippen molar-refractivity contribution in [3.05, 3.63) is 69.9 Å². The van der Waals surface area contributed by atoms with Crippen LogP contribution in [0.25, 0.3) is 10.8 Å². The van der Waals surface area contributed by atoms with Gasteiger partial charge in [0, 0.05) is 16.0 Å². The molecule has 0 aromatic heterocycles. The molecule has 3 aromatic carbocycles. The highest BCUT2D eigenvalue weighted by atomic mass is 79.9. The molecule has 1 aliphatic heterocycles. The summed E-state index contributed by atoms with van der Waals surface area (Å²) >= 11 is 9.14. The monoisotopic (exact) mass is 496 g/mol. The van der Waals surface area contributed by atoms with E-state index in [4.69, 9.17) is 11.6 Å². The molecule has 9 heteroatoms. The number of fused-ring (bicyclic) bond motifs is 1. The van der Waals surface area contributed by atoms with Gasteiger partial charge in [0.15, 0.2) is 0 Å². The topological polar surface area (TPSA) is 66.5 Å². The van der Waals surface area contributed by atoms with E-state index in [2.05, 4.69) is 20.7 Å². The van der Waals surface area contributed by atoms with Crippen LogP contribution in [0.2, 0.25) is 5.02 Å². The van der Waals surface area contributed by atoms with Crippen molar-refractivity contribution in [2.45, 2.75) is 17.4 Å². The van der Waals surface area contributed by atoms with Gasteiger partial charge in [0.05, 0.1) is 10.6 Å². The van der Waals surface area contributed by atoms with Gasteiger partial charge >= 0.3 is 0 Å². The van der Waals surface area contributed by atoms with Crippen molar-refractivity contribution < 1.29 is 17.6 Å². The zero-order valence-corrected chi connectivity index (χ0v) is 18.1. The molecule has 1 amide bonds. The number of nitrogens with zero attached hydrogens (tertiary/aromatic N) is 1. The van der Waals surface area contributed by atoms with E-state index in [1.807, 2.05) is 0 Å². The summed E-state index contributed by atoms with van der Waals surface area (Å²) in [4.78, 5) is 14.0. The van der Waals surface area contributed by atoms with Crippen molar-refractivity contribution in [2.24, 2.45) is 0 Å². The van der Waals surface area contributed by atoms with Crippen LogP contribution in [0.1, 0.15) is 6.42 Å². The third-order valence-corrected chi connectivity index (χ3v) is 6.99. The van der Waals surface area contributed by atoms with E-state index in [1.165, 1.54) is 29.2 Å². The van der Waals surface area contributed by atoms with E-state index in [0.717, 1.165) is 5.39 Å². The molecule has 1 atom stereocenters. The lowest BCUT2D eigenvalue weighted by Gasteiger charge is -2.18. The number of carbonyl (C=O) groups excluding carboxylic acids is 1. The fourth-order valence-corrected chi connectivity index (χ4v) is 5.12. The molecule has 29 heavy (non-hydrogen) atoms. The Balaban J connectivity index is 1.57. The number of anilines is 1. The van der Waals surface area contributed by atoms with Crippen molar-refractivity contribution >= 4 is 59.9 Å². The maximum Gasteiger partial charge on any atom is 0.245 e. The molecule has 1 N–H and O–H groups in total. The first-order chi connectivity index (χ1) is 13.7. The Morgan fingerprint density at radius 2 is 1.79 bits per heavy atom. The van der Waals surface area contributed by atoms with Crippen LogP contribution in [0, 0.1) is 5.82 Å². The van der Waals surface area contributed by atoms with Gasteiger partial charge in [-0.15, -0.1) is 0 Å². The van der Waals surface area contributed by atoms with Gasteiger partial charge in [-0.3, -0.25) is 4.79 Å². The number of sulfonamides is 1. The average molecular weight is 498 g/mol. The second-order valence-corrected chi connectivity index (χ2v) is 9.77. The number of hydrogen-bond acceptors (Lipinski definition) is 3. The Morgan fingerprint density at radius 3 is 2.55 bits per heavy atom. The van der Waals surface area contributed by atoms with Crippen LogP contribution in [0.4, 0.5) is 10.1 Å². The van der Waals surface area contributed by atoms with Crippen LogP contribution in [0.3, 0.4) is 0 Å². The summed E-state index contributed by atoms with van der Waals surface area (Å²) < 4.78 is 42.8. The van der Waals surface area contributed by atoms with Crippen molar-refractivity contribution in [2.75, 3.05) is 11.4 Å². The van der Waals surface area contributed by atoms with Crippen molar-refractivity contribution in [3.8, 4) is 0 Å². The summed E-state index contributed by atoms with van der Waals surface area (Å²) in [6.45, 7) is 0.223. The largest absolute Gasteiger partial charge is 0.308 e. The van der Waals surface area contributed by atoms with Crippen LogP contribution < -0.4 is 9.62 Å². The predicted molar refractivity (Wildman–Crippen MR) is 114 cm³/mol. The molecular weight excluding hydrogens is 483 g/mol. The number of carbonyl (C=O) groups is 1. The third-order valence-electron chi connectivity index (χ3n) is 4.79. The van der Waals surface area contributed by atoms with E-state index in [-0.39, 0.29) is 23.5 Å².